The van der Waals surface area contributed by atoms with Gasteiger partial charge in [-0.25, -0.2) is 0 Å². The molecule has 1 amide bonds. The van der Waals surface area contributed by atoms with Crippen LogP contribution in [0.1, 0.15) is 25.8 Å². The van der Waals surface area contributed by atoms with Gasteiger partial charge in [0.2, 0.25) is 5.91 Å². The van der Waals surface area contributed by atoms with Crippen molar-refractivity contribution in [2.24, 2.45) is 0 Å². The van der Waals surface area contributed by atoms with E-state index in [0.717, 1.165) is 11.3 Å². The van der Waals surface area contributed by atoms with Crippen molar-refractivity contribution in [1.29, 1.82) is 0 Å². The monoisotopic (exact) mass is 264 g/mol. The predicted octanol–water partition coefficient (Wildman–Crippen LogP) is 1.70. The highest BCUT2D eigenvalue weighted by Crippen LogP contribution is 2.30. The number of benzene rings is 1. The van der Waals surface area contributed by atoms with E-state index in [4.69, 9.17) is 4.74 Å². The number of amides is 1. The van der Waals surface area contributed by atoms with E-state index in [9.17, 15) is 4.79 Å². The van der Waals surface area contributed by atoms with Crippen molar-refractivity contribution in [1.82, 2.24) is 10.6 Å². The van der Waals surface area contributed by atoms with Crippen molar-refractivity contribution in [3.05, 3.63) is 29.8 Å². The van der Waals surface area contributed by atoms with E-state index < -0.39 is 0 Å². The fourth-order valence-electron chi connectivity index (χ4n) is 1.95. The molecule has 0 bridgehead atoms. The normalized spacial score (nSPS) is 11.2. The summed E-state index contributed by atoms with van der Waals surface area (Å²) in [4.78, 5) is 11.7. The van der Waals surface area contributed by atoms with Gasteiger partial charge >= 0.3 is 0 Å². The Kier molecular flexibility index (Phi) is 5.83. The van der Waals surface area contributed by atoms with Gasteiger partial charge in [-0.15, -0.1) is 0 Å². The molecule has 0 spiro atoms. The van der Waals surface area contributed by atoms with E-state index in [-0.39, 0.29) is 11.3 Å². The Morgan fingerprint density at radius 1 is 1.32 bits per heavy atom. The molecule has 4 heteroatoms. The van der Waals surface area contributed by atoms with E-state index in [1.54, 1.807) is 7.11 Å². The molecule has 0 unspecified atom stereocenters. The topological polar surface area (TPSA) is 50.4 Å². The molecule has 0 saturated heterocycles. The number of hydrogen-bond donors (Lipinski definition) is 2. The van der Waals surface area contributed by atoms with Crippen molar-refractivity contribution < 1.29 is 9.53 Å². The van der Waals surface area contributed by atoms with Crippen LogP contribution in [-0.4, -0.2) is 33.2 Å². The first kappa shape index (κ1) is 15.5. The fraction of sp³-hybridized carbons (Fsp3) is 0.533. The van der Waals surface area contributed by atoms with Crippen molar-refractivity contribution >= 4 is 5.91 Å². The molecule has 0 aromatic heterocycles. The molecular formula is C15H24N2O2. The van der Waals surface area contributed by atoms with E-state index in [1.165, 1.54) is 0 Å². The maximum atomic E-state index is 11.7. The Balaban J connectivity index is 2.67. The lowest BCUT2D eigenvalue weighted by Gasteiger charge is -2.27. The fourth-order valence-corrected chi connectivity index (χ4v) is 1.95. The predicted molar refractivity (Wildman–Crippen MR) is 77.6 cm³/mol. The molecular weight excluding hydrogens is 240 g/mol. The van der Waals surface area contributed by atoms with Gasteiger partial charge in [-0.3, -0.25) is 4.79 Å². The molecule has 0 heterocycles. The smallest absolute Gasteiger partial charge is 0.221 e. The quantitative estimate of drug-likeness (QED) is 0.788. The number of hydrogen-bond acceptors (Lipinski definition) is 3. The summed E-state index contributed by atoms with van der Waals surface area (Å²) in [6.45, 7) is 5.49. The molecule has 0 fully saturated rings. The standard InChI is InChI=1S/C15H24N2O2/c1-15(2,11-17-14(18)9-10-16-3)12-7-5-6-8-13(12)19-4/h5-8,16H,9-11H2,1-4H3,(H,17,18). The highest BCUT2D eigenvalue weighted by molar-refractivity contribution is 5.76. The summed E-state index contributed by atoms with van der Waals surface area (Å²) in [5, 5.41) is 5.94. The summed E-state index contributed by atoms with van der Waals surface area (Å²) in [5.74, 6) is 0.925. The third-order valence-electron chi connectivity index (χ3n) is 3.17. The average molecular weight is 264 g/mol. The highest BCUT2D eigenvalue weighted by Gasteiger charge is 2.24. The average Bonchev–Trinajstić information content (AvgIpc) is 2.43. The van der Waals surface area contributed by atoms with Crippen molar-refractivity contribution in [3.63, 3.8) is 0 Å². The van der Waals surface area contributed by atoms with Gasteiger partial charge in [-0.2, -0.15) is 0 Å². The summed E-state index contributed by atoms with van der Waals surface area (Å²) in [7, 11) is 3.51. The van der Waals surface area contributed by atoms with Crippen LogP contribution in [0.2, 0.25) is 0 Å². The molecule has 1 rings (SSSR count). The summed E-state index contributed by atoms with van der Waals surface area (Å²) in [6.07, 6.45) is 0.499. The molecule has 1 aromatic carbocycles. The van der Waals surface area contributed by atoms with Crippen LogP contribution in [0.15, 0.2) is 24.3 Å². The van der Waals surface area contributed by atoms with Crippen LogP contribution in [0.3, 0.4) is 0 Å². The van der Waals surface area contributed by atoms with Crippen molar-refractivity contribution in [3.8, 4) is 5.75 Å². The summed E-state index contributed by atoms with van der Waals surface area (Å²) in [5.41, 5.74) is 0.938. The molecule has 106 valence electrons. The first-order chi connectivity index (χ1) is 9.01. The minimum absolute atomic E-state index is 0.0670. The van der Waals surface area contributed by atoms with Crippen molar-refractivity contribution in [2.45, 2.75) is 25.7 Å². The van der Waals surface area contributed by atoms with Crippen LogP contribution in [0, 0.1) is 0 Å². The van der Waals surface area contributed by atoms with Gasteiger partial charge in [0.05, 0.1) is 7.11 Å². The summed E-state index contributed by atoms with van der Waals surface area (Å²) in [6, 6.07) is 7.92. The molecule has 1 aromatic rings. The first-order valence-electron chi connectivity index (χ1n) is 6.56. The molecule has 0 aliphatic rings. The molecule has 0 aliphatic heterocycles. The Morgan fingerprint density at radius 3 is 2.63 bits per heavy atom. The number of para-hydroxylation sites is 1. The molecule has 19 heavy (non-hydrogen) atoms. The third kappa shape index (κ3) is 4.56. The number of nitrogens with one attached hydrogen (secondary N) is 2. The van der Waals surface area contributed by atoms with Crippen LogP contribution in [-0.2, 0) is 10.2 Å². The molecule has 0 atom stereocenters. The van der Waals surface area contributed by atoms with Crippen LogP contribution in [0.4, 0.5) is 0 Å². The number of ether oxygens (including phenoxy) is 1. The second kappa shape index (κ2) is 7.14. The Hall–Kier alpha value is -1.55. The lowest BCUT2D eigenvalue weighted by Crippen LogP contribution is -2.37. The van der Waals surface area contributed by atoms with Crippen LogP contribution in [0.25, 0.3) is 0 Å². The first-order valence-corrected chi connectivity index (χ1v) is 6.56. The number of methoxy groups -OCH3 is 1. The largest absolute Gasteiger partial charge is 0.496 e. The van der Waals surface area contributed by atoms with E-state index in [2.05, 4.69) is 24.5 Å². The number of carbonyl (C=O) groups is 1. The third-order valence-corrected chi connectivity index (χ3v) is 3.17. The lowest BCUT2D eigenvalue weighted by atomic mass is 9.84. The van der Waals surface area contributed by atoms with Crippen LogP contribution in [0.5, 0.6) is 5.75 Å². The van der Waals surface area contributed by atoms with Crippen LogP contribution >= 0.6 is 0 Å². The minimum Gasteiger partial charge on any atom is -0.496 e. The molecule has 0 radical (unpaired) electrons. The lowest BCUT2D eigenvalue weighted by molar-refractivity contribution is -0.121. The van der Waals surface area contributed by atoms with E-state index in [0.29, 0.717) is 19.5 Å². The van der Waals surface area contributed by atoms with Gasteiger partial charge in [-0.1, -0.05) is 32.0 Å². The van der Waals surface area contributed by atoms with Gasteiger partial charge in [-0.05, 0) is 13.1 Å². The zero-order valence-electron chi connectivity index (χ0n) is 12.2. The second-order valence-electron chi connectivity index (χ2n) is 5.21. The summed E-state index contributed by atoms with van der Waals surface area (Å²) < 4.78 is 5.38. The maximum absolute atomic E-state index is 11.7. The zero-order valence-corrected chi connectivity index (χ0v) is 12.2. The molecule has 4 nitrogen and oxygen atoms in total. The Labute approximate surface area is 115 Å². The second-order valence-corrected chi connectivity index (χ2v) is 5.21. The summed E-state index contributed by atoms with van der Waals surface area (Å²) >= 11 is 0. The zero-order chi connectivity index (χ0) is 14.3. The number of carbonyl (C=O) groups excluding carboxylic acids is 1. The number of rotatable bonds is 7. The van der Waals surface area contributed by atoms with E-state index in [1.807, 2.05) is 31.3 Å². The Bertz CT molecular complexity index is 416. The molecule has 0 saturated carbocycles. The molecule has 2 N–H and O–H groups in total. The van der Waals surface area contributed by atoms with Gasteiger partial charge in [0.1, 0.15) is 5.75 Å². The highest BCUT2D eigenvalue weighted by atomic mass is 16.5. The Morgan fingerprint density at radius 2 is 2.00 bits per heavy atom. The maximum Gasteiger partial charge on any atom is 0.221 e. The molecule has 0 aliphatic carbocycles. The van der Waals surface area contributed by atoms with Crippen LogP contribution < -0.4 is 15.4 Å². The van der Waals surface area contributed by atoms with Gasteiger partial charge in [0, 0.05) is 30.5 Å². The van der Waals surface area contributed by atoms with E-state index >= 15 is 0 Å². The SMILES string of the molecule is CNCCC(=O)NCC(C)(C)c1ccccc1OC. The van der Waals surface area contributed by atoms with Gasteiger partial charge < -0.3 is 15.4 Å². The van der Waals surface area contributed by atoms with Crippen molar-refractivity contribution in [2.75, 3.05) is 27.2 Å². The van der Waals surface area contributed by atoms with Gasteiger partial charge in [0.15, 0.2) is 0 Å². The minimum atomic E-state index is -0.165. The van der Waals surface area contributed by atoms with Gasteiger partial charge in [0.25, 0.3) is 0 Å².